The molecule has 0 aliphatic carbocycles. The number of benzene rings is 2. The third-order valence-electron chi connectivity index (χ3n) is 3.20. The van der Waals surface area contributed by atoms with Gasteiger partial charge in [0.25, 0.3) is 0 Å². The molecule has 0 spiro atoms. The van der Waals surface area contributed by atoms with Crippen LogP contribution >= 0.6 is 0 Å². The summed E-state index contributed by atoms with van der Waals surface area (Å²) in [5.74, 6) is 0. The van der Waals surface area contributed by atoms with Gasteiger partial charge in [0.05, 0.1) is 18.4 Å². The average molecular weight is 264 g/mol. The van der Waals surface area contributed by atoms with Gasteiger partial charge in [0.15, 0.2) is 0 Å². The number of hydrogen-bond acceptors (Lipinski definition) is 3. The van der Waals surface area contributed by atoms with Gasteiger partial charge in [-0.3, -0.25) is 0 Å². The van der Waals surface area contributed by atoms with Gasteiger partial charge < -0.3 is 5.73 Å². The molecule has 0 unspecified atom stereocenters. The molecule has 4 nitrogen and oxygen atoms in total. The highest BCUT2D eigenvalue weighted by Gasteiger charge is 2.01. The fourth-order valence-electron chi connectivity index (χ4n) is 2.13. The van der Waals surface area contributed by atoms with Crippen LogP contribution in [0.4, 0.5) is 0 Å². The van der Waals surface area contributed by atoms with Crippen molar-refractivity contribution in [3.8, 4) is 11.1 Å². The van der Waals surface area contributed by atoms with Crippen LogP contribution in [0, 0.1) is 0 Å². The zero-order valence-electron chi connectivity index (χ0n) is 11.1. The maximum Gasteiger partial charge on any atom is 0.0962 e. The van der Waals surface area contributed by atoms with Crippen molar-refractivity contribution in [1.82, 2.24) is 15.0 Å². The summed E-state index contributed by atoms with van der Waals surface area (Å²) < 4.78 is 1.81. The smallest absolute Gasteiger partial charge is 0.0962 e. The molecular formula is C16H16N4. The highest BCUT2D eigenvalue weighted by Crippen LogP contribution is 2.19. The molecule has 0 bridgehead atoms. The summed E-state index contributed by atoms with van der Waals surface area (Å²) in [7, 11) is 0. The summed E-state index contributed by atoms with van der Waals surface area (Å²) in [4.78, 5) is 0. The number of rotatable bonds is 4. The third-order valence-corrected chi connectivity index (χ3v) is 3.20. The summed E-state index contributed by atoms with van der Waals surface area (Å²) in [6, 6.07) is 18.8. The zero-order valence-corrected chi connectivity index (χ0v) is 11.1. The molecule has 0 amide bonds. The van der Waals surface area contributed by atoms with Crippen LogP contribution < -0.4 is 5.73 Å². The molecule has 20 heavy (non-hydrogen) atoms. The first kappa shape index (κ1) is 12.6. The Balaban J connectivity index is 1.76. The molecule has 3 aromatic rings. The van der Waals surface area contributed by atoms with Crippen molar-refractivity contribution >= 4 is 0 Å². The first-order valence-electron chi connectivity index (χ1n) is 6.58. The molecule has 2 N–H and O–H groups in total. The van der Waals surface area contributed by atoms with E-state index in [9.17, 15) is 0 Å². The molecule has 1 aromatic heterocycles. The molecule has 0 aliphatic rings. The fourth-order valence-corrected chi connectivity index (χ4v) is 2.13. The summed E-state index contributed by atoms with van der Waals surface area (Å²) in [6.45, 7) is 1.13. The Bertz CT molecular complexity index is 671. The number of nitrogens with two attached hydrogens (primary N) is 1. The average Bonchev–Trinajstić information content (AvgIpc) is 2.97. The van der Waals surface area contributed by atoms with Gasteiger partial charge in [0.1, 0.15) is 0 Å². The van der Waals surface area contributed by atoms with Crippen molar-refractivity contribution in [3.05, 3.63) is 72.1 Å². The highest BCUT2D eigenvalue weighted by atomic mass is 15.4. The Hall–Kier alpha value is -2.46. The Morgan fingerprint density at radius 3 is 2.25 bits per heavy atom. The second kappa shape index (κ2) is 5.67. The van der Waals surface area contributed by atoms with Crippen LogP contribution in [0.5, 0.6) is 0 Å². The van der Waals surface area contributed by atoms with E-state index in [2.05, 4.69) is 46.7 Å². The van der Waals surface area contributed by atoms with Crippen LogP contribution in [-0.2, 0) is 13.1 Å². The van der Waals surface area contributed by atoms with E-state index in [1.54, 1.807) is 4.68 Å². The van der Waals surface area contributed by atoms with Crippen LogP contribution in [0.25, 0.3) is 11.1 Å². The lowest BCUT2D eigenvalue weighted by Crippen LogP contribution is -2.00. The second-order valence-electron chi connectivity index (χ2n) is 4.67. The summed E-state index contributed by atoms with van der Waals surface area (Å²) in [6.07, 6.45) is 1.88. The molecule has 0 saturated heterocycles. The standard InChI is InChI=1S/C16H16N4/c17-10-16-12-20(19-18-16)11-13-6-8-15(9-7-13)14-4-2-1-3-5-14/h1-9,12H,10-11,17H2. The molecule has 1 heterocycles. The molecular weight excluding hydrogens is 248 g/mol. The predicted molar refractivity (Wildman–Crippen MR) is 78.9 cm³/mol. The van der Waals surface area contributed by atoms with Gasteiger partial charge in [0, 0.05) is 6.54 Å². The first-order valence-corrected chi connectivity index (χ1v) is 6.58. The second-order valence-corrected chi connectivity index (χ2v) is 4.67. The maximum atomic E-state index is 5.52. The number of nitrogens with zero attached hydrogens (tertiary/aromatic N) is 3. The van der Waals surface area contributed by atoms with Crippen molar-refractivity contribution in [2.24, 2.45) is 5.73 Å². The van der Waals surface area contributed by atoms with Gasteiger partial charge in [-0.2, -0.15) is 0 Å². The molecule has 0 aliphatic heterocycles. The minimum absolute atomic E-state index is 0.424. The molecule has 4 heteroatoms. The van der Waals surface area contributed by atoms with Gasteiger partial charge >= 0.3 is 0 Å². The lowest BCUT2D eigenvalue weighted by molar-refractivity contribution is 0.649. The fraction of sp³-hybridized carbons (Fsp3) is 0.125. The van der Waals surface area contributed by atoms with Crippen molar-refractivity contribution in [1.29, 1.82) is 0 Å². The molecule has 0 radical (unpaired) electrons. The Kier molecular flexibility index (Phi) is 3.56. The van der Waals surface area contributed by atoms with Crippen molar-refractivity contribution < 1.29 is 0 Å². The van der Waals surface area contributed by atoms with Gasteiger partial charge in [0.2, 0.25) is 0 Å². The molecule has 100 valence electrons. The van der Waals surface area contributed by atoms with E-state index in [1.807, 2.05) is 24.4 Å². The van der Waals surface area contributed by atoms with Gasteiger partial charge in [-0.05, 0) is 16.7 Å². The Morgan fingerprint density at radius 2 is 1.60 bits per heavy atom. The van der Waals surface area contributed by atoms with Gasteiger partial charge in [-0.15, -0.1) is 5.10 Å². The van der Waals surface area contributed by atoms with E-state index in [0.29, 0.717) is 13.1 Å². The van der Waals surface area contributed by atoms with E-state index in [0.717, 1.165) is 5.69 Å². The Labute approximate surface area is 117 Å². The minimum atomic E-state index is 0.424. The first-order chi connectivity index (χ1) is 9.85. The number of hydrogen-bond donors (Lipinski definition) is 1. The third kappa shape index (κ3) is 2.75. The number of aromatic nitrogens is 3. The topological polar surface area (TPSA) is 56.7 Å². The molecule has 0 atom stereocenters. The zero-order chi connectivity index (χ0) is 13.8. The lowest BCUT2D eigenvalue weighted by atomic mass is 10.0. The van der Waals surface area contributed by atoms with Crippen LogP contribution in [0.2, 0.25) is 0 Å². The van der Waals surface area contributed by atoms with E-state index in [4.69, 9.17) is 5.73 Å². The summed E-state index contributed by atoms with van der Waals surface area (Å²) in [5.41, 5.74) is 9.97. The predicted octanol–water partition coefficient (Wildman–Crippen LogP) is 2.45. The van der Waals surface area contributed by atoms with Crippen molar-refractivity contribution in [2.45, 2.75) is 13.1 Å². The van der Waals surface area contributed by atoms with Crippen LogP contribution in [-0.4, -0.2) is 15.0 Å². The van der Waals surface area contributed by atoms with Crippen LogP contribution in [0.1, 0.15) is 11.3 Å². The Morgan fingerprint density at radius 1 is 0.900 bits per heavy atom. The van der Waals surface area contributed by atoms with E-state index in [1.165, 1.54) is 16.7 Å². The maximum absolute atomic E-state index is 5.52. The quantitative estimate of drug-likeness (QED) is 0.787. The van der Waals surface area contributed by atoms with E-state index in [-0.39, 0.29) is 0 Å². The van der Waals surface area contributed by atoms with Crippen LogP contribution in [0.15, 0.2) is 60.8 Å². The summed E-state index contributed by atoms with van der Waals surface area (Å²) >= 11 is 0. The lowest BCUT2D eigenvalue weighted by Gasteiger charge is -2.04. The van der Waals surface area contributed by atoms with Gasteiger partial charge in [-0.25, -0.2) is 4.68 Å². The summed E-state index contributed by atoms with van der Waals surface area (Å²) in [5, 5.41) is 8.03. The van der Waals surface area contributed by atoms with E-state index >= 15 is 0 Å². The van der Waals surface area contributed by atoms with E-state index < -0.39 is 0 Å². The molecule has 0 saturated carbocycles. The molecule has 3 rings (SSSR count). The largest absolute Gasteiger partial charge is 0.325 e. The molecule has 2 aromatic carbocycles. The minimum Gasteiger partial charge on any atom is -0.325 e. The molecule has 0 fully saturated rings. The normalized spacial score (nSPS) is 10.7. The van der Waals surface area contributed by atoms with Gasteiger partial charge in [-0.1, -0.05) is 59.8 Å². The van der Waals surface area contributed by atoms with Crippen LogP contribution in [0.3, 0.4) is 0 Å². The monoisotopic (exact) mass is 264 g/mol. The highest BCUT2D eigenvalue weighted by molar-refractivity contribution is 5.63. The van der Waals surface area contributed by atoms with Crippen molar-refractivity contribution in [2.75, 3.05) is 0 Å². The SMILES string of the molecule is NCc1cn(Cc2ccc(-c3ccccc3)cc2)nn1. The van der Waals surface area contributed by atoms with Crippen molar-refractivity contribution in [3.63, 3.8) is 0 Å².